The van der Waals surface area contributed by atoms with Crippen molar-refractivity contribution in [2.75, 3.05) is 5.32 Å². The molecule has 1 saturated carbocycles. The molecule has 4 rings (SSSR count). The molecule has 1 aliphatic rings. The van der Waals surface area contributed by atoms with Crippen molar-refractivity contribution in [1.82, 2.24) is 14.9 Å². The number of nitrogens with one attached hydrogen (secondary N) is 2. The van der Waals surface area contributed by atoms with E-state index in [1.165, 1.54) is 0 Å². The number of fused-ring (bicyclic) bond motifs is 1. The number of carbonyl (C=O) groups is 1. The molecule has 1 heterocycles. The number of benzene rings is 2. The Labute approximate surface area is 192 Å². The van der Waals surface area contributed by atoms with Crippen LogP contribution in [0.2, 0.25) is 10.0 Å². The molecule has 1 aliphatic carbocycles. The summed E-state index contributed by atoms with van der Waals surface area (Å²) in [6.07, 6.45) is -2.80. The van der Waals surface area contributed by atoms with Gasteiger partial charge < -0.3 is 15.2 Å². The first-order valence-electron chi connectivity index (χ1n) is 10.2. The molecule has 1 aromatic heterocycles. The molecule has 3 aromatic rings. The van der Waals surface area contributed by atoms with E-state index in [0.717, 1.165) is 5.52 Å². The summed E-state index contributed by atoms with van der Waals surface area (Å²) in [5, 5.41) is 6.54. The Kier molecular flexibility index (Phi) is 6.27. The van der Waals surface area contributed by atoms with Crippen molar-refractivity contribution in [2.45, 2.75) is 37.9 Å². The first kappa shape index (κ1) is 22.7. The number of halogens is 5. The second-order valence-corrected chi connectivity index (χ2v) is 8.75. The summed E-state index contributed by atoms with van der Waals surface area (Å²) in [6.45, 7) is 0. The van der Waals surface area contributed by atoms with Crippen LogP contribution in [0.1, 0.15) is 36.0 Å². The zero-order chi connectivity index (χ0) is 23.0. The lowest BCUT2D eigenvalue weighted by atomic mass is 9.84. The van der Waals surface area contributed by atoms with E-state index >= 15 is 0 Å². The van der Waals surface area contributed by atoms with E-state index in [4.69, 9.17) is 23.2 Å². The molecule has 2 N–H and O–H groups in total. The number of anilines is 2. The van der Waals surface area contributed by atoms with E-state index in [-0.39, 0.29) is 12.0 Å². The highest BCUT2D eigenvalue weighted by molar-refractivity contribution is 6.39. The molecule has 1 fully saturated rings. The van der Waals surface area contributed by atoms with Crippen LogP contribution in [0.4, 0.5) is 24.8 Å². The van der Waals surface area contributed by atoms with Gasteiger partial charge >= 0.3 is 6.18 Å². The van der Waals surface area contributed by atoms with E-state index in [2.05, 4.69) is 15.6 Å². The third kappa shape index (κ3) is 4.52. The van der Waals surface area contributed by atoms with Crippen LogP contribution in [0.3, 0.4) is 0 Å². The molecule has 0 radical (unpaired) electrons. The van der Waals surface area contributed by atoms with E-state index in [1.54, 1.807) is 48.0 Å². The lowest BCUT2D eigenvalue weighted by molar-refractivity contribution is -0.187. The lowest BCUT2D eigenvalue weighted by Gasteiger charge is -2.33. The number of amides is 1. The average molecular weight is 485 g/mol. The minimum Gasteiger partial charge on any atom is -0.349 e. The van der Waals surface area contributed by atoms with Gasteiger partial charge in [0.1, 0.15) is 0 Å². The molecule has 32 heavy (non-hydrogen) atoms. The standard InChI is InChI=1S/C22H21Cl2F3N4O/c1-31-18-10-9-12(20(32)28-16-8-3-2-5-13(16)22(25,26)27)11-17(18)29-21(31)30-19-14(23)6-4-7-15(19)24/h4,6-7,9-11,13,16H,2-3,5,8H2,1H3,(H,28,32)(H,29,30). The molecular weight excluding hydrogens is 464 g/mol. The molecule has 2 atom stereocenters. The number of para-hydroxylation sites is 1. The molecule has 0 aliphatic heterocycles. The van der Waals surface area contributed by atoms with Crippen molar-refractivity contribution < 1.29 is 18.0 Å². The van der Waals surface area contributed by atoms with Gasteiger partial charge in [0.05, 0.1) is 32.7 Å². The Balaban J connectivity index is 1.58. The van der Waals surface area contributed by atoms with Gasteiger partial charge in [0.2, 0.25) is 5.95 Å². The number of rotatable bonds is 4. The van der Waals surface area contributed by atoms with Crippen LogP contribution in [-0.4, -0.2) is 27.7 Å². The van der Waals surface area contributed by atoms with Gasteiger partial charge in [-0.15, -0.1) is 0 Å². The number of hydrogen-bond donors (Lipinski definition) is 2. The fraction of sp³-hybridized carbons (Fsp3) is 0.364. The van der Waals surface area contributed by atoms with E-state index in [0.29, 0.717) is 46.5 Å². The van der Waals surface area contributed by atoms with Gasteiger partial charge in [0.15, 0.2) is 0 Å². The highest BCUT2D eigenvalue weighted by Gasteiger charge is 2.46. The van der Waals surface area contributed by atoms with Gasteiger partial charge in [0, 0.05) is 18.7 Å². The number of alkyl halides is 3. The van der Waals surface area contributed by atoms with Crippen molar-refractivity contribution in [1.29, 1.82) is 0 Å². The van der Waals surface area contributed by atoms with Crippen LogP contribution in [0, 0.1) is 5.92 Å². The first-order chi connectivity index (χ1) is 15.1. The number of aromatic nitrogens is 2. The highest BCUT2D eigenvalue weighted by Crippen LogP contribution is 2.38. The van der Waals surface area contributed by atoms with Crippen LogP contribution in [-0.2, 0) is 7.05 Å². The molecule has 0 spiro atoms. The average Bonchev–Trinajstić information content (AvgIpc) is 3.05. The van der Waals surface area contributed by atoms with E-state index in [1.807, 2.05) is 0 Å². The maximum Gasteiger partial charge on any atom is 0.393 e. The lowest BCUT2D eigenvalue weighted by Crippen LogP contribution is -2.47. The van der Waals surface area contributed by atoms with Gasteiger partial charge in [-0.25, -0.2) is 4.98 Å². The molecule has 5 nitrogen and oxygen atoms in total. The van der Waals surface area contributed by atoms with E-state index in [9.17, 15) is 18.0 Å². The Morgan fingerprint density at radius 1 is 1.12 bits per heavy atom. The predicted octanol–water partition coefficient (Wildman–Crippen LogP) is 6.47. The molecule has 1 amide bonds. The third-order valence-electron chi connectivity index (χ3n) is 5.85. The van der Waals surface area contributed by atoms with Crippen molar-refractivity contribution in [3.05, 3.63) is 52.0 Å². The van der Waals surface area contributed by atoms with Gasteiger partial charge in [0.25, 0.3) is 5.91 Å². The van der Waals surface area contributed by atoms with Crippen molar-refractivity contribution >= 4 is 51.8 Å². The summed E-state index contributed by atoms with van der Waals surface area (Å²) >= 11 is 12.4. The number of aryl methyl sites for hydroxylation is 1. The normalized spacial score (nSPS) is 19.2. The fourth-order valence-electron chi connectivity index (χ4n) is 4.13. The van der Waals surface area contributed by atoms with Crippen LogP contribution >= 0.6 is 23.2 Å². The zero-order valence-electron chi connectivity index (χ0n) is 17.1. The Bertz CT molecular complexity index is 1140. The highest BCUT2D eigenvalue weighted by atomic mass is 35.5. The number of hydrogen-bond acceptors (Lipinski definition) is 3. The van der Waals surface area contributed by atoms with Crippen molar-refractivity contribution in [2.24, 2.45) is 13.0 Å². The maximum absolute atomic E-state index is 13.3. The smallest absolute Gasteiger partial charge is 0.349 e. The van der Waals surface area contributed by atoms with Crippen LogP contribution in [0.25, 0.3) is 11.0 Å². The fourth-order valence-corrected chi connectivity index (χ4v) is 4.62. The Hall–Kier alpha value is -2.45. The van der Waals surface area contributed by atoms with Gasteiger partial charge in [-0.05, 0) is 43.2 Å². The second-order valence-electron chi connectivity index (χ2n) is 7.93. The van der Waals surface area contributed by atoms with Crippen LogP contribution in [0.15, 0.2) is 36.4 Å². The summed E-state index contributed by atoms with van der Waals surface area (Å²) in [7, 11) is 1.79. The number of carbonyl (C=O) groups excluding carboxylic acids is 1. The number of imidazole rings is 1. The minimum absolute atomic E-state index is 0.0351. The minimum atomic E-state index is -4.33. The largest absolute Gasteiger partial charge is 0.393 e. The number of nitrogens with zero attached hydrogens (tertiary/aromatic N) is 2. The summed E-state index contributed by atoms with van der Waals surface area (Å²) in [5.74, 6) is -1.60. The summed E-state index contributed by atoms with van der Waals surface area (Å²) in [5.41, 5.74) is 2.01. The molecule has 2 unspecified atom stereocenters. The third-order valence-corrected chi connectivity index (χ3v) is 6.48. The molecule has 0 saturated heterocycles. The Morgan fingerprint density at radius 2 is 1.81 bits per heavy atom. The monoisotopic (exact) mass is 484 g/mol. The SMILES string of the molecule is Cn1c(Nc2c(Cl)cccc2Cl)nc2cc(C(=O)NC3CCCCC3C(F)(F)F)ccc21. The summed E-state index contributed by atoms with van der Waals surface area (Å²) in [4.78, 5) is 17.2. The predicted molar refractivity (Wildman–Crippen MR) is 120 cm³/mol. The second kappa shape index (κ2) is 8.83. The van der Waals surface area contributed by atoms with E-state index < -0.39 is 24.0 Å². The van der Waals surface area contributed by atoms with Gasteiger partial charge in [-0.3, -0.25) is 4.79 Å². The molecule has 10 heteroatoms. The molecule has 0 bridgehead atoms. The van der Waals surface area contributed by atoms with Crippen molar-refractivity contribution in [3.63, 3.8) is 0 Å². The Morgan fingerprint density at radius 3 is 2.50 bits per heavy atom. The summed E-state index contributed by atoms with van der Waals surface area (Å²) in [6, 6.07) is 9.05. The van der Waals surface area contributed by atoms with Gasteiger partial charge in [-0.2, -0.15) is 13.2 Å². The van der Waals surface area contributed by atoms with Crippen LogP contribution < -0.4 is 10.6 Å². The topological polar surface area (TPSA) is 59.0 Å². The zero-order valence-corrected chi connectivity index (χ0v) is 18.7. The summed E-state index contributed by atoms with van der Waals surface area (Å²) < 4.78 is 41.8. The first-order valence-corrected chi connectivity index (χ1v) is 11.0. The maximum atomic E-state index is 13.3. The molecule has 170 valence electrons. The quantitative estimate of drug-likeness (QED) is 0.445. The molecular formula is C22H21Cl2F3N4O. The van der Waals surface area contributed by atoms with Crippen LogP contribution in [0.5, 0.6) is 0 Å². The van der Waals surface area contributed by atoms with Gasteiger partial charge in [-0.1, -0.05) is 42.1 Å². The molecule has 2 aromatic carbocycles. The van der Waals surface area contributed by atoms with Crippen molar-refractivity contribution in [3.8, 4) is 0 Å².